The lowest BCUT2D eigenvalue weighted by molar-refractivity contribution is -0.0535. The number of thioether (sulfide) groups is 1. The Morgan fingerprint density at radius 3 is 2.27 bits per heavy atom. The first-order valence-electron chi connectivity index (χ1n) is 9.84. The second kappa shape index (κ2) is 6.66. The van der Waals surface area contributed by atoms with Crippen molar-refractivity contribution in [3.05, 3.63) is 40.1 Å². The van der Waals surface area contributed by atoms with Gasteiger partial charge in [-0.1, -0.05) is 39.8 Å². The van der Waals surface area contributed by atoms with Crippen LogP contribution in [0.5, 0.6) is 0 Å². The van der Waals surface area contributed by atoms with Gasteiger partial charge in [0.25, 0.3) is 0 Å². The van der Waals surface area contributed by atoms with E-state index in [1.165, 1.54) is 49.9 Å². The highest BCUT2D eigenvalue weighted by molar-refractivity contribution is 9.10. The maximum atomic E-state index is 4.60. The second-order valence-electron chi connectivity index (χ2n) is 8.97. The van der Waals surface area contributed by atoms with Gasteiger partial charge >= 0.3 is 0 Å². The van der Waals surface area contributed by atoms with Gasteiger partial charge in [0, 0.05) is 23.7 Å². The van der Waals surface area contributed by atoms with Crippen molar-refractivity contribution in [3.63, 3.8) is 0 Å². The van der Waals surface area contributed by atoms with Crippen LogP contribution in [0, 0.1) is 23.2 Å². The van der Waals surface area contributed by atoms with Gasteiger partial charge < -0.3 is 4.57 Å². The van der Waals surface area contributed by atoms with Crippen LogP contribution in [0.25, 0.3) is 0 Å². The summed E-state index contributed by atoms with van der Waals surface area (Å²) in [7, 11) is 2.15. The van der Waals surface area contributed by atoms with Crippen molar-refractivity contribution in [2.24, 2.45) is 30.2 Å². The predicted octanol–water partition coefficient (Wildman–Crippen LogP) is 5.63. The van der Waals surface area contributed by atoms with Gasteiger partial charge in [-0.05, 0) is 79.4 Å². The molecule has 1 aromatic heterocycles. The summed E-state index contributed by atoms with van der Waals surface area (Å²) in [5.74, 6) is 5.14. The van der Waals surface area contributed by atoms with E-state index in [1.54, 1.807) is 11.8 Å². The molecule has 4 aliphatic rings. The van der Waals surface area contributed by atoms with Gasteiger partial charge in [0.15, 0.2) is 5.16 Å². The van der Waals surface area contributed by atoms with E-state index in [-0.39, 0.29) is 0 Å². The molecular formula is C21H26BrN3S. The van der Waals surface area contributed by atoms with Crippen LogP contribution in [-0.4, -0.2) is 14.8 Å². The molecule has 4 saturated carbocycles. The smallest absolute Gasteiger partial charge is 0.191 e. The molecule has 26 heavy (non-hydrogen) atoms. The van der Waals surface area contributed by atoms with Crippen LogP contribution in [0.4, 0.5) is 0 Å². The summed E-state index contributed by atoms with van der Waals surface area (Å²) in [6, 6.07) is 8.55. The zero-order valence-electron chi connectivity index (χ0n) is 15.3. The highest BCUT2D eigenvalue weighted by atomic mass is 79.9. The van der Waals surface area contributed by atoms with Crippen molar-refractivity contribution in [1.29, 1.82) is 0 Å². The molecule has 1 aromatic carbocycles. The Balaban J connectivity index is 1.28. The van der Waals surface area contributed by atoms with Gasteiger partial charge in [0.05, 0.1) is 0 Å². The minimum atomic E-state index is 0.531. The van der Waals surface area contributed by atoms with Crippen LogP contribution in [-0.2, 0) is 19.2 Å². The number of halogens is 1. The molecule has 0 amide bonds. The minimum absolute atomic E-state index is 0.531. The zero-order chi connectivity index (χ0) is 17.7. The van der Waals surface area contributed by atoms with Crippen LogP contribution in [0.2, 0.25) is 0 Å². The standard InChI is InChI=1S/C21H26BrN3S/c1-25-19(12-21-9-15-6-16(10-21)8-17(7-15)11-21)23-24-20(25)26-13-14-2-4-18(22)5-3-14/h2-5,15-17H,6-13H2,1H3. The van der Waals surface area contributed by atoms with Crippen molar-refractivity contribution in [1.82, 2.24) is 14.8 Å². The number of rotatable bonds is 5. The third kappa shape index (κ3) is 3.26. The molecule has 0 spiro atoms. The Hall–Kier alpha value is -0.810. The molecular weight excluding hydrogens is 406 g/mol. The quantitative estimate of drug-likeness (QED) is 0.574. The Kier molecular flexibility index (Phi) is 4.43. The Labute approximate surface area is 168 Å². The lowest BCUT2D eigenvalue weighted by Gasteiger charge is -2.56. The molecule has 2 aromatic rings. The largest absolute Gasteiger partial charge is 0.309 e. The first-order valence-corrected chi connectivity index (χ1v) is 11.6. The molecule has 6 rings (SSSR count). The lowest BCUT2D eigenvalue weighted by Crippen LogP contribution is -2.47. The Morgan fingerprint density at radius 1 is 1.04 bits per heavy atom. The fraction of sp³-hybridized carbons (Fsp3) is 0.619. The second-order valence-corrected chi connectivity index (χ2v) is 10.8. The van der Waals surface area contributed by atoms with Gasteiger partial charge in [-0.15, -0.1) is 10.2 Å². The summed E-state index contributed by atoms with van der Waals surface area (Å²) in [5, 5.41) is 10.2. The van der Waals surface area contributed by atoms with Crippen molar-refractivity contribution < 1.29 is 0 Å². The molecule has 4 aliphatic carbocycles. The molecule has 0 atom stereocenters. The summed E-state index contributed by atoms with van der Waals surface area (Å²) in [6.07, 6.45) is 9.97. The molecule has 4 bridgehead atoms. The van der Waals surface area contributed by atoms with E-state index in [1.807, 2.05) is 0 Å². The summed E-state index contributed by atoms with van der Waals surface area (Å²) in [6.45, 7) is 0. The fourth-order valence-electron chi connectivity index (χ4n) is 6.20. The third-order valence-electron chi connectivity index (χ3n) is 6.90. The van der Waals surface area contributed by atoms with Gasteiger partial charge in [-0.2, -0.15) is 0 Å². The highest BCUT2D eigenvalue weighted by Gasteiger charge is 2.51. The molecule has 0 aliphatic heterocycles. The number of aromatic nitrogens is 3. The molecule has 0 radical (unpaired) electrons. The van der Waals surface area contributed by atoms with E-state index in [0.29, 0.717) is 5.41 Å². The van der Waals surface area contributed by atoms with E-state index in [0.717, 1.165) is 39.6 Å². The van der Waals surface area contributed by atoms with Crippen LogP contribution < -0.4 is 0 Å². The Bertz CT molecular complexity index is 763. The first kappa shape index (κ1) is 17.3. The van der Waals surface area contributed by atoms with E-state index < -0.39 is 0 Å². The van der Waals surface area contributed by atoms with Crippen molar-refractivity contribution in [2.75, 3.05) is 0 Å². The molecule has 0 unspecified atom stereocenters. The topological polar surface area (TPSA) is 30.7 Å². The maximum Gasteiger partial charge on any atom is 0.191 e. The fourth-order valence-corrected chi connectivity index (χ4v) is 7.35. The summed E-state index contributed by atoms with van der Waals surface area (Å²) >= 11 is 5.29. The van der Waals surface area contributed by atoms with Crippen molar-refractivity contribution in [2.45, 2.75) is 55.9 Å². The molecule has 138 valence electrons. The molecule has 1 heterocycles. The van der Waals surface area contributed by atoms with Gasteiger partial charge in [0.2, 0.25) is 0 Å². The number of hydrogen-bond acceptors (Lipinski definition) is 3. The van der Waals surface area contributed by atoms with Gasteiger partial charge in [0.1, 0.15) is 5.82 Å². The highest BCUT2D eigenvalue weighted by Crippen LogP contribution is 2.60. The van der Waals surface area contributed by atoms with Gasteiger partial charge in [-0.3, -0.25) is 0 Å². The SMILES string of the molecule is Cn1c(CC23CC4CC(CC(C4)C2)C3)nnc1SCc1ccc(Br)cc1. The third-order valence-corrected chi connectivity index (χ3v) is 8.52. The average Bonchev–Trinajstić information content (AvgIpc) is 2.93. The van der Waals surface area contributed by atoms with E-state index >= 15 is 0 Å². The average molecular weight is 432 g/mol. The first-order chi connectivity index (χ1) is 12.6. The lowest BCUT2D eigenvalue weighted by atomic mass is 9.49. The molecule has 3 nitrogen and oxygen atoms in total. The predicted molar refractivity (Wildman–Crippen MR) is 109 cm³/mol. The maximum absolute atomic E-state index is 4.60. The number of nitrogens with zero attached hydrogens (tertiary/aromatic N) is 3. The summed E-state index contributed by atoms with van der Waals surface area (Å²) in [4.78, 5) is 0. The minimum Gasteiger partial charge on any atom is -0.309 e. The number of benzene rings is 1. The molecule has 5 heteroatoms. The Morgan fingerprint density at radius 2 is 1.65 bits per heavy atom. The normalized spacial score (nSPS) is 32.3. The zero-order valence-corrected chi connectivity index (χ0v) is 17.7. The molecule has 0 saturated heterocycles. The van der Waals surface area contributed by atoms with Crippen LogP contribution in [0.3, 0.4) is 0 Å². The monoisotopic (exact) mass is 431 g/mol. The molecule has 4 fully saturated rings. The van der Waals surface area contributed by atoms with Gasteiger partial charge in [-0.25, -0.2) is 0 Å². The van der Waals surface area contributed by atoms with Crippen molar-refractivity contribution >= 4 is 27.7 Å². The molecule has 0 N–H and O–H groups in total. The van der Waals surface area contributed by atoms with Crippen LogP contribution in [0.15, 0.2) is 33.9 Å². The van der Waals surface area contributed by atoms with Crippen molar-refractivity contribution in [3.8, 4) is 0 Å². The van der Waals surface area contributed by atoms with Crippen LogP contribution >= 0.6 is 27.7 Å². The van der Waals surface area contributed by atoms with E-state index in [4.69, 9.17) is 0 Å². The van der Waals surface area contributed by atoms with Crippen LogP contribution in [0.1, 0.15) is 49.9 Å². The summed E-state index contributed by atoms with van der Waals surface area (Å²) < 4.78 is 3.38. The summed E-state index contributed by atoms with van der Waals surface area (Å²) in [5.41, 5.74) is 1.85. The van der Waals surface area contributed by atoms with E-state index in [9.17, 15) is 0 Å². The van der Waals surface area contributed by atoms with E-state index in [2.05, 4.69) is 62.0 Å². The number of hydrogen-bond donors (Lipinski definition) is 0.